The Morgan fingerprint density at radius 1 is 1.39 bits per heavy atom. The maximum atomic E-state index is 12.3. The van der Waals surface area contributed by atoms with E-state index in [1.807, 2.05) is 30.0 Å². The van der Waals surface area contributed by atoms with E-state index in [0.29, 0.717) is 25.9 Å². The van der Waals surface area contributed by atoms with Gasteiger partial charge in [0.15, 0.2) is 0 Å². The Kier molecular flexibility index (Phi) is 4.01. The summed E-state index contributed by atoms with van der Waals surface area (Å²) in [5.74, 6) is 0.0528. The monoisotopic (exact) mass is 310 g/mol. The lowest BCUT2D eigenvalue weighted by Gasteiger charge is -2.27. The molecule has 4 nitrogen and oxygen atoms in total. The first-order chi connectivity index (χ1) is 8.61. The maximum Gasteiger partial charge on any atom is 0.254 e. The Bertz CT molecular complexity index is 490. The molecule has 1 saturated heterocycles. The second-order valence-corrected chi connectivity index (χ2v) is 5.33. The van der Waals surface area contributed by atoms with Crippen molar-refractivity contribution in [2.24, 2.45) is 5.16 Å². The van der Waals surface area contributed by atoms with Crippen molar-refractivity contribution in [1.29, 1.82) is 0 Å². The smallest absolute Gasteiger partial charge is 0.254 e. The van der Waals surface area contributed by atoms with Crippen molar-refractivity contribution >= 4 is 27.5 Å². The highest BCUT2D eigenvalue weighted by Crippen LogP contribution is 2.19. The summed E-state index contributed by atoms with van der Waals surface area (Å²) in [6.07, 6.45) is 1.30. The van der Waals surface area contributed by atoms with Gasteiger partial charge in [-0.3, -0.25) is 4.79 Å². The number of benzene rings is 1. The molecule has 2 rings (SSSR count). The number of hydrogen-bond acceptors (Lipinski definition) is 3. The van der Waals surface area contributed by atoms with E-state index in [4.69, 9.17) is 5.21 Å². The molecule has 0 bridgehead atoms. The van der Waals surface area contributed by atoms with Crippen LogP contribution < -0.4 is 0 Å². The highest BCUT2D eigenvalue weighted by atomic mass is 79.9. The zero-order valence-electron chi connectivity index (χ0n) is 10.2. The summed E-state index contributed by atoms with van der Waals surface area (Å²) >= 11 is 3.39. The fourth-order valence-corrected chi connectivity index (χ4v) is 2.58. The van der Waals surface area contributed by atoms with Gasteiger partial charge in [-0.1, -0.05) is 21.1 Å². The predicted octanol–water partition coefficient (Wildman–Crippen LogP) is 2.82. The largest absolute Gasteiger partial charge is 0.411 e. The molecule has 1 aromatic rings. The summed E-state index contributed by atoms with van der Waals surface area (Å²) in [6.45, 7) is 3.17. The van der Waals surface area contributed by atoms with Crippen LogP contribution in [-0.4, -0.2) is 34.8 Å². The van der Waals surface area contributed by atoms with Crippen LogP contribution >= 0.6 is 15.9 Å². The molecule has 96 valence electrons. The molecule has 1 aliphatic rings. The average molecular weight is 311 g/mol. The quantitative estimate of drug-likeness (QED) is 0.640. The summed E-state index contributed by atoms with van der Waals surface area (Å²) < 4.78 is 0.977. The standard InChI is InChI=1S/C13H15BrN2O2/c1-9-8-10(14)2-3-12(9)13(17)16-6-4-11(15-18)5-7-16/h2-3,8,18H,4-7H2,1H3. The fourth-order valence-electron chi connectivity index (χ4n) is 2.11. The highest BCUT2D eigenvalue weighted by molar-refractivity contribution is 9.10. The number of hydrogen-bond donors (Lipinski definition) is 1. The van der Waals surface area contributed by atoms with Crippen LogP contribution in [0, 0.1) is 6.92 Å². The summed E-state index contributed by atoms with van der Waals surface area (Å²) in [7, 11) is 0. The van der Waals surface area contributed by atoms with Crippen molar-refractivity contribution in [3.8, 4) is 0 Å². The zero-order chi connectivity index (χ0) is 13.1. The number of amides is 1. The minimum Gasteiger partial charge on any atom is -0.411 e. The van der Waals surface area contributed by atoms with Gasteiger partial charge in [-0.05, 0) is 30.7 Å². The topological polar surface area (TPSA) is 52.9 Å². The van der Waals surface area contributed by atoms with Crippen molar-refractivity contribution in [2.75, 3.05) is 13.1 Å². The van der Waals surface area contributed by atoms with Gasteiger partial charge in [0.2, 0.25) is 0 Å². The van der Waals surface area contributed by atoms with Gasteiger partial charge >= 0.3 is 0 Å². The van der Waals surface area contributed by atoms with Gasteiger partial charge in [0.05, 0.1) is 5.71 Å². The predicted molar refractivity (Wildman–Crippen MR) is 73.2 cm³/mol. The first kappa shape index (κ1) is 13.1. The van der Waals surface area contributed by atoms with Gasteiger partial charge < -0.3 is 10.1 Å². The number of carbonyl (C=O) groups is 1. The van der Waals surface area contributed by atoms with Gasteiger partial charge in [-0.25, -0.2) is 0 Å². The van der Waals surface area contributed by atoms with E-state index < -0.39 is 0 Å². The maximum absolute atomic E-state index is 12.3. The third-order valence-corrected chi connectivity index (χ3v) is 3.68. The number of likely N-dealkylation sites (tertiary alicyclic amines) is 1. The van der Waals surface area contributed by atoms with E-state index >= 15 is 0 Å². The minimum atomic E-state index is 0.0528. The molecule has 1 heterocycles. The summed E-state index contributed by atoms with van der Waals surface area (Å²) in [4.78, 5) is 14.1. The van der Waals surface area contributed by atoms with E-state index in [9.17, 15) is 4.79 Å². The van der Waals surface area contributed by atoms with E-state index in [1.165, 1.54) is 0 Å². The second-order valence-electron chi connectivity index (χ2n) is 4.42. The number of piperidine rings is 1. The van der Waals surface area contributed by atoms with Crippen molar-refractivity contribution in [3.05, 3.63) is 33.8 Å². The van der Waals surface area contributed by atoms with Crippen LogP contribution in [0.1, 0.15) is 28.8 Å². The summed E-state index contributed by atoms with van der Waals surface area (Å²) in [5.41, 5.74) is 2.48. The van der Waals surface area contributed by atoms with Crippen LogP contribution in [-0.2, 0) is 0 Å². The van der Waals surface area contributed by atoms with Crippen LogP contribution in [0.25, 0.3) is 0 Å². The van der Waals surface area contributed by atoms with Crippen LogP contribution in [0.5, 0.6) is 0 Å². The van der Waals surface area contributed by atoms with Crippen molar-refractivity contribution in [2.45, 2.75) is 19.8 Å². The van der Waals surface area contributed by atoms with Crippen LogP contribution in [0.2, 0.25) is 0 Å². The van der Waals surface area contributed by atoms with Gasteiger partial charge in [0, 0.05) is 36.0 Å². The molecule has 1 aromatic carbocycles. The number of aryl methyl sites for hydroxylation is 1. The van der Waals surface area contributed by atoms with E-state index in [0.717, 1.165) is 21.3 Å². The lowest BCUT2D eigenvalue weighted by molar-refractivity contribution is 0.0753. The molecule has 0 radical (unpaired) electrons. The molecule has 0 atom stereocenters. The van der Waals surface area contributed by atoms with Gasteiger partial charge in [-0.2, -0.15) is 0 Å². The van der Waals surface area contributed by atoms with Crippen LogP contribution in [0.4, 0.5) is 0 Å². The highest BCUT2D eigenvalue weighted by Gasteiger charge is 2.22. The Hall–Kier alpha value is -1.36. The van der Waals surface area contributed by atoms with Gasteiger partial charge in [0.25, 0.3) is 5.91 Å². The number of oxime groups is 1. The molecule has 1 amide bonds. The SMILES string of the molecule is Cc1cc(Br)ccc1C(=O)N1CCC(=NO)CC1. The lowest BCUT2D eigenvalue weighted by Crippen LogP contribution is -2.38. The normalized spacial score (nSPS) is 15.7. The molecular weight excluding hydrogens is 296 g/mol. The Morgan fingerprint density at radius 3 is 2.61 bits per heavy atom. The van der Waals surface area contributed by atoms with E-state index in [-0.39, 0.29) is 5.91 Å². The van der Waals surface area contributed by atoms with Crippen LogP contribution in [0.3, 0.4) is 0 Å². The third-order valence-electron chi connectivity index (χ3n) is 3.19. The molecule has 1 N–H and O–H groups in total. The Balaban J connectivity index is 2.12. The van der Waals surface area contributed by atoms with Crippen LogP contribution in [0.15, 0.2) is 27.8 Å². The molecule has 18 heavy (non-hydrogen) atoms. The van der Waals surface area contributed by atoms with Gasteiger partial charge in [0.1, 0.15) is 0 Å². The Labute approximate surface area is 114 Å². The number of nitrogens with zero attached hydrogens (tertiary/aromatic N) is 2. The molecule has 1 fully saturated rings. The second kappa shape index (κ2) is 5.52. The molecular formula is C13H15BrN2O2. The first-order valence-electron chi connectivity index (χ1n) is 5.87. The minimum absolute atomic E-state index is 0.0528. The third kappa shape index (κ3) is 2.72. The molecule has 0 unspecified atom stereocenters. The fraction of sp³-hybridized carbons (Fsp3) is 0.385. The number of halogens is 1. The van der Waals surface area contributed by atoms with Crippen molar-refractivity contribution in [1.82, 2.24) is 4.90 Å². The number of rotatable bonds is 1. The number of carbonyl (C=O) groups excluding carboxylic acids is 1. The Morgan fingerprint density at radius 2 is 2.06 bits per heavy atom. The molecule has 1 aliphatic heterocycles. The lowest BCUT2D eigenvalue weighted by atomic mass is 10.0. The molecule has 0 saturated carbocycles. The van der Waals surface area contributed by atoms with Crippen molar-refractivity contribution in [3.63, 3.8) is 0 Å². The van der Waals surface area contributed by atoms with Crippen molar-refractivity contribution < 1.29 is 10.0 Å². The zero-order valence-corrected chi connectivity index (χ0v) is 11.8. The van der Waals surface area contributed by atoms with E-state index in [1.54, 1.807) is 0 Å². The summed E-state index contributed by atoms with van der Waals surface area (Å²) in [6, 6.07) is 5.67. The average Bonchev–Trinajstić information content (AvgIpc) is 2.38. The molecule has 0 aromatic heterocycles. The van der Waals surface area contributed by atoms with E-state index in [2.05, 4.69) is 21.1 Å². The molecule has 5 heteroatoms. The molecule has 0 spiro atoms. The summed E-state index contributed by atoms with van der Waals surface area (Å²) in [5, 5.41) is 11.9. The van der Waals surface area contributed by atoms with Gasteiger partial charge in [-0.15, -0.1) is 0 Å². The molecule has 0 aliphatic carbocycles. The first-order valence-corrected chi connectivity index (χ1v) is 6.66.